The van der Waals surface area contributed by atoms with E-state index in [1.54, 1.807) is 11.7 Å². The van der Waals surface area contributed by atoms with Gasteiger partial charge in [0, 0.05) is 7.11 Å². The number of rotatable bonds is 5. The molecule has 0 saturated heterocycles. The average Bonchev–Trinajstić information content (AvgIpc) is 2.86. The van der Waals surface area contributed by atoms with Crippen molar-refractivity contribution >= 4 is 11.8 Å². The summed E-state index contributed by atoms with van der Waals surface area (Å²) in [6.07, 6.45) is 2.27. The number of hydrogen-bond acceptors (Lipinski definition) is 5. The molecule has 2 rings (SSSR count). The van der Waals surface area contributed by atoms with Crippen molar-refractivity contribution in [2.75, 3.05) is 26.6 Å². The van der Waals surface area contributed by atoms with Crippen molar-refractivity contribution in [2.45, 2.75) is 6.42 Å². The lowest BCUT2D eigenvalue weighted by Crippen LogP contribution is -2.09. The fourth-order valence-electron chi connectivity index (χ4n) is 1.97. The number of ether oxygens (including phenoxy) is 2. The maximum atomic E-state index is 11.5. The van der Waals surface area contributed by atoms with Gasteiger partial charge in [-0.25, -0.2) is 9.78 Å². The van der Waals surface area contributed by atoms with Crippen molar-refractivity contribution in [1.82, 2.24) is 9.55 Å². The third-order valence-corrected chi connectivity index (χ3v) is 3.01. The van der Waals surface area contributed by atoms with Crippen molar-refractivity contribution in [3.63, 3.8) is 0 Å². The molecule has 20 heavy (non-hydrogen) atoms. The molecule has 0 unspecified atom stereocenters. The molecule has 1 aromatic heterocycles. The molecule has 1 heterocycles. The highest BCUT2D eigenvalue weighted by atomic mass is 16.5. The maximum Gasteiger partial charge on any atom is 0.360 e. The van der Waals surface area contributed by atoms with Crippen LogP contribution >= 0.6 is 0 Å². The van der Waals surface area contributed by atoms with Gasteiger partial charge in [-0.1, -0.05) is 18.2 Å². The Kier molecular flexibility index (Phi) is 4.37. The summed E-state index contributed by atoms with van der Waals surface area (Å²) in [5.74, 6) is -0.280. The molecule has 2 aromatic rings. The predicted molar refractivity (Wildman–Crippen MR) is 74.9 cm³/mol. The molecule has 6 nitrogen and oxygen atoms in total. The molecule has 0 aliphatic carbocycles. The van der Waals surface area contributed by atoms with Gasteiger partial charge in [0.05, 0.1) is 19.4 Å². The topological polar surface area (TPSA) is 79.4 Å². The van der Waals surface area contributed by atoms with Crippen LogP contribution in [0.2, 0.25) is 0 Å². The SMILES string of the molecule is COCCc1ccccc1-n1cnc(C(=O)OC)c1N. The molecule has 0 amide bonds. The van der Waals surface area contributed by atoms with Crippen LogP contribution in [0.25, 0.3) is 5.69 Å². The van der Waals surface area contributed by atoms with E-state index < -0.39 is 5.97 Å². The highest BCUT2D eigenvalue weighted by molar-refractivity contribution is 5.92. The second-order valence-electron chi connectivity index (χ2n) is 4.21. The van der Waals surface area contributed by atoms with Gasteiger partial charge in [-0.05, 0) is 18.1 Å². The van der Waals surface area contributed by atoms with Gasteiger partial charge in [-0.15, -0.1) is 0 Å². The average molecular weight is 275 g/mol. The second-order valence-corrected chi connectivity index (χ2v) is 4.21. The summed E-state index contributed by atoms with van der Waals surface area (Å²) in [6.45, 7) is 0.607. The first kappa shape index (κ1) is 14.1. The Morgan fingerprint density at radius 2 is 2.10 bits per heavy atom. The molecular formula is C14H17N3O3. The molecule has 6 heteroatoms. The summed E-state index contributed by atoms with van der Waals surface area (Å²) in [6, 6.07) is 7.77. The zero-order chi connectivity index (χ0) is 14.5. The molecule has 0 atom stereocenters. The van der Waals surface area contributed by atoms with Crippen LogP contribution in [0.1, 0.15) is 16.1 Å². The summed E-state index contributed by atoms with van der Waals surface area (Å²) in [5, 5.41) is 0. The molecule has 2 N–H and O–H groups in total. The number of para-hydroxylation sites is 1. The minimum atomic E-state index is -0.546. The normalized spacial score (nSPS) is 10.5. The number of methoxy groups -OCH3 is 2. The zero-order valence-corrected chi connectivity index (χ0v) is 11.5. The van der Waals surface area contributed by atoms with Gasteiger partial charge >= 0.3 is 5.97 Å². The number of esters is 1. The number of imidazole rings is 1. The van der Waals surface area contributed by atoms with Gasteiger partial charge in [0.25, 0.3) is 0 Å². The third-order valence-electron chi connectivity index (χ3n) is 3.01. The first-order valence-corrected chi connectivity index (χ1v) is 6.17. The molecular weight excluding hydrogens is 258 g/mol. The first-order chi connectivity index (χ1) is 9.69. The van der Waals surface area contributed by atoms with Gasteiger partial charge in [-0.2, -0.15) is 0 Å². The molecule has 0 aliphatic rings. The molecule has 0 spiro atoms. The third kappa shape index (κ3) is 2.65. The number of nitrogen functional groups attached to an aromatic ring is 1. The molecule has 1 aromatic carbocycles. The molecule has 0 saturated carbocycles. The highest BCUT2D eigenvalue weighted by Gasteiger charge is 2.17. The Hall–Kier alpha value is -2.34. The van der Waals surface area contributed by atoms with E-state index in [1.165, 1.54) is 13.4 Å². The van der Waals surface area contributed by atoms with E-state index in [-0.39, 0.29) is 11.5 Å². The van der Waals surface area contributed by atoms with Crippen LogP contribution in [0.4, 0.5) is 5.82 Å². The lowest BCUT2D eigenvalue weighted by Gasteiger charge is -2.11. The molecule has 0 bridgehead atoms. The quantitative estimate of drug-likeness (QED) is 0.835. The fraction of sp³-hybridized carbons (Fsp3) is 0.286. The number of carbonyl (C=O) groups is 1. The summed E-state index contributed by atoms with van der Waals surface area (Å²) < 4.78 is 11.4. The predicted octanol–water partition coefficient (Wildman–Crippen LogP) is 1.43. The minimum Gasteiger partial charge on any atom is -0.464 e. The number of nitrogens with zero attached hydrogens (tertiary/aromatic N) is 2. The van der Waals surface area contributed by atoms with Crippen LogP contribution < -0.4 is 5.73 Å². The van der Waals surface area contributed by atoms with E-state index >= 15 is 0 Å². The number of anilines is 1. The molecule has 0 fully saturated rings. The number of hydrogen-bond donors (Lipinski definition) is 1. The monoisotopic (exact) mass is 275 g/mol. The maximum absolute atomic E-state index is 11.5. The van der Waals surface area contributed by atoms with Crippen molar-refractivity contribution in [3.8, 4) is 5.69 Å². The van der Waals surface area contributed by atoms with E-state index in [0.717, 1.165) is 17.7 Å². The van der Waals surface area contributed by atoms with Crippen molar-refractivity contribution < 1.29 is 14.3 Å². The lowest BCUT2D eigenvalue weighted by molar-refractivity contribution is 0.0596. The van der Waals surface area contributed by atoms with Gasteiger partial charge in [0.1, 0.15) is 12.1 Å². The standard InChI is InChI=1S/C14H17N3O3/c1-19-8-7-10-5-3-4-6-11(10)17-9-16-12(13(17)15)14(18)20-2/h3-6,9H,7-8,15H2,1-2H3. The number of aromatic nitrogens is 2. The minimum absolute atomic E-state index is 0.119. The van der Waals surface area contributed by atoms with Crippen molar-refractivity contribution in [1.29, 1.82) is 0 Å². The number of nitrogens with two attached hydrogens (primary N) is 1. The zero-order valence-electron chi connectivity index (χ0n) is 11.5. The van der Waals surface area contributed by atoms with Crippen LogP contribution in [0.15, 0.2) is 30.6 Å². The van der Waals surface area contributed by atoms with E-state index in [0.29, 0.717) is 6.61 Å². The van der Waals surface area contributed by atoms with Crippen LogP contribution in [0.3, 0.4) is 0 Å². The highest BCUT2D eigenvalue weighted by Crippen LogP contribution is 2.21. The van der Waals surface area contributed by atoms with Crippen molar-refractivity contribution in [2.24, 2.45) is 0 Å². The van der Waals surface area contributed by atoms with Gasteiger partial charge < -0.3 is 15.2 Å². The van der Waals surface area contributed by atoms with Crippen LogP contribution in [0, 0.1) is 0 Å². The van der Waals surface area contributed by atoms with E-state index in [1.807, 2.05) is 24.3 Å². The second kappa shape index (κ2) is 6.21. The lowest BCUT2D eigenvalue weighted by atomic mass is 10.1. The van der Waals surface area contributed by atoms with Gasteiger partial charge in [0.2, 0.25) is 0 Å². The molecule has 106 valence electrons. The van der Waals surface area contributed by atoms with Crippen molar-refractivity contribution in [3.05, 3.63) is 41.9 Å². The molecule has 0 aliphatic heterocycles. The Balaban J connectivity index is 2.42. The Labute approximate surface area is 117 Å². The van der Waals surface area contributed by atoms with E-state index in [9.17, 15) is 4.79 Å². The fourth-order valence-corrected chi connectivity index (χ4v) is 1.97. The van der Waals surface area contributed by atoms with E-state index in [2.05, 4.69) is 9.72 Å². The molecule has 0 radical (unpaired) electrons. The number of carbonyl (C=O) groups excluding carboxylic acids is 1. The smallest absolute Gasteiger partial charge is 0.360 e. The Morgan fingerprint density at radius 1 is 1.35 bits per heavy atom. The van der Waals surface area contributed by atoms with Crippen LogP contribution in [0.5, 0.6) is 0 Å². The van der Waals surface area contributed by atoms with E-state index in [4.69, 9.17) is 10.5 Å². The largest absolute Gasteiger partial charge is 0.464 e. The summed E-state index contributed by atoms with van der Waals surface area (Å²) >= 11 is 0. The Morgan fingerprint density at radius 3 is 2.80 bits per heavy atom. The summed E-state index contributed by atoms with van der Waals surface area (Å²) in [7, 11) is 2.96. The summed E-state index contributed by atoms with van der Waals surface area (Å²) in [4.78, 5) is 15.6. The summed E-state index contributed by atoms with van der Waals surface area (Å²) in [5.41, 5.74) is 8.04. The number of benzene rings is 1. The first-order valence-electron chi connectivity index (χ1n) is 6.17. The van der Waals surface area contributed by atoms with Crippen LogP contribution in [-0.4, -0.2) is 36.3 Å². The van der Waals surface area contributed by atoms with Gasteiger partial charge in [0.15, 0.2) is 5.69 Å². The van der Waals surface area contributed by atoms with Crippen LogP contribution in [-0.2, 0) is 15.9 Å². The van der Waals surface area contributed by atoms with Gasteiger partial charge in [-0.3, -0.25) is 4.57 Å². The Bertz CT molecular complexity index is 607.